The maximum atomic E-state index is 11.6. The Balaban J connectivity index is 1.69. The van der Waals surface area contributed by atoms with Crippen LogP contribution in [0.2, 0.25) is 0 Å². The van der Waals surface area contributed by atoms with Crippen LogP contribution in [0, 0.1) is 0 Å². The summed E-state index contributed by atoms with van der Waals surface area (Å²) in [6.45, 7) is 2.88. The number of hydrogen-bond donors (Lipinski definition) is 1. The number of nitrogens with zero attached hydrogens (tertiary/aromatic N) is 1. The average molecular weight is 323 g/mol. The molecule has 0 radical (unpaired) electrons. The van der Waals surface area contributed by atoms with Crippen LogP contribution in [0.3, 0.4) is 0 Å². The number of rotatable bonds is 6. The van der Waals surface area contributed by atoms with E-state index in [-0.39, 0.29) is 6.42 Å². The number of likely N-dealkylation sites (tertiary alicyclic amines) is 1. The molecule has 4 nitrogen and oxygen atoms in total. The fourth-order valence-corrected chi connectivity index (χ4v) is 3.41. The van der Waals surface area contributed by atoms with Gasteiger partial charge in [-0.05, 0) is 35.6 Å². The first-order valence-electron chi connectivity index (χ1n) is 8.23. The first-order valence-corrected chi connectivity index (χ1v) is 8.23. The summed E-state index contributed by atoms with van der Waals surface area (Å²) in [6, 6.07) is 18.1. The molecule has 1 heterocycles. The van der Waals surface area contributed by atoms with E-state index in [4.69, 9.17) is 5.11 Å². The van der Waals surface area contributed by atoms with Gasteiger partial charge in [0.1, 0.15) is 0 Å². The van der Waals surface area contributed by atoms with E-state index in [1.165, 1.54) is 5.56 Å². The Hall–Kier alpha value is -2.46. The molecule has 2 aromatic carbocycles. The summed E-state index contributed by atoms with van der Waals surface area (Å²) < 4.78 is 0. The van der Waals surface area contributed by atoms with Gasteiger partial charge in [0, 0.05) is 19.5 Å². The summed E-state index contributed by atoms with van der Waals surface area (Å²) in [5.41, 5.74) is 3.26. The maximum absolute atomic E-state index is 11.6. The number of benzene rings is 2. The predicted octanol–water partition coefficient (Wildman–Crippen LogP) is 2.87. The highest BCUT2D eigenvalue weighted by Crippen LogP contribution is 2.30. The topological polar surface area (TPSA) is 57.6 Å². The maximum Gasteiger partial charge on any atom is 0.372 e. The third-order valence-corrected chi connectivity index (χ3v) is 4.61. The molecule has 1 aliphatic rings. The van der Waals surface area contributed by atoms with Gasteiger partial charge in [-0.25, -0.2) is 4.79 Å². The van der Waals surface area contributed by atoms with Crippen molar-refractivity contribution >= 4 is 11.8 Å². The van der Waals surface area contributed by atoms with Crippen LogP contribution in [0.15, 0.2) is 54.6 Å². The van der Waals surface area contributed by atoms with Crippen molar-refractivity contribution in [2.75, 3.05) is 13.1 Å². The van der Waals surface area contributed by atoms with Gasteiger partial charge >= 0.3 is 5.97 Å². The van der Waals surface area contributed by atoms with E-state index in [2.05, 4.69) is 29.2 Å². The van der Waals surface area contributed by atoms with Crippen LogP contribution < -0.4 is 0 Å². The lowest BCUT2D eigenvalue weighted by Crippen LogP contribution is -2.20. The molecule has 0 saturated carbocycles. The molecule has 1 N–H and O–H groups in total. The standard InChI is InChI=1S/C20H21NO3/c22-19(20(23)24)12-16-8-4-5-9-18(16)17-10-11-21(14-17)13-15-6-2-1-3-7-15/h1-9,17H,10-14H2,(H,23,24). The molecule has 2 aromatic rings. The minimum absolute atomic E-state index is 0.0271. The summed E-state index contributed by atoms with van der Waals surface area (Å²) in [5, 5.41) is 8.85. The number of Topliss-reactive ketones (excluding diaryl/α,β-unsaturated/α-hetero) is 1. The zero-order chi connectivity index (χ0) is 16.9. The van der Waals surface area contributed by atoms with E-state index in [1.54, 1.807) is 0 Å². The average Bonchev–Trinajstić information content (AvgIpc) is 3.04. The highest BCUT2D eigenvalue weighted by atomic mass is 16.4. The highest BCUT2D eigenvalue weighted by Gasteiger charge is 2.26. The zero-order valence-electron chi connectivity index (χ0n) is 13.5. The van der Waals surface area contributed by atoms with Gasteiger partial charge in [-0.2, -0.15) is 0 Å². The van der Waals surface area contributed by atoms with Crippen molar-refractivity contribution in [3.8, 4) is 0 Å². The molecule has 1 saturated heterocycles. The Morgan fingerprint density at radius 2 is 1.75 bits per heavy atom. The van der Waals surface area contributed by atoms with Gasteiger partial charge in [-0.3, -0.25) is 9.69 Å². The molecule has 0 bridgehead atoms. The largest absolute Gasteiger partial charge is 0.475 e. The van der Waals surface area contributed by atoms with Gasteiger partial charge < -0.3 is 5.11 Å². The van der Waals surface area contributed by atoms with Crippen molar-refractivity contribution < 1.29 is 14.7 Å². The van der Waals surface area contributed by atoms with Crippen molar-refractivity contribution in [2.45, 2.75) is 25.3 Å². The van der Waals surface area contributed by atoms with Crippen LogP contribution >= 0.6 is 0 Å². The molecule has 4 heteroatoms. The Morgan fingerprint density at radius 1 is 1.04 bits per heavy atom. The van der Waals surface area contributed by atoms with Crippen LogP contribution in [-0.4, -0.2) is 34.8 Å². The van der Waals surface area contributed by atoms with E-state index in [9.17, 15) is 9.59 Å². The summed E-state index contributed by atoms with van der Waals surface area (Å²) in [5.74, 6) is -1.75. The second-order valence-corrected chi connectivity index (χ2v) is 6.31. The summed E-state index contributed by atoms with van der Waals surface area (Å²) in [4.78, 5) is 24.8. The van der Waals surface area contributed by atoms with E-state index in [1.807, 2.05) is 30.3 Å². The van der Waals surface area contributed by atoms with Crippen LogP contribution in [0.1, 0.15) is 29.0 Å². The number of carboxylic acids is 1. The van der Waals surface area contributed by atoms with Crippen LogP contribution in [0.4, 0.5) is 0 Å². The quantitative estimate of drug-likeness (QED) is 0.831. The molecule has 24 heavy (non-hydrogen) atoms. The van der Waals surface area contributed by atoms with Crippen molar-refractivity contribution in [1.82, 2.24) is 4.90 Å². The summed E-state index contributed by atoms with van der Waals surface area (Å²) in [7, 11) is 0. The molecule has 1 aliphatic heterocycles. The Labute approximate surface area is 141 Å². The lowest BCUT2D eigenvalue weighted by atomic mass is 9.91. The van der Waals surface area contributed by atoms with Crippen LogP contribution in [0.25, 0.3) is 0 Å². The highest BCUT2D eigenvalue weighted by molar-refractivity contribution is 6.33. The number of ketones is 1. The minimum Gasteiger partial charge on any atom is -0.475 e. The summed E-state index contributed by atoms with van der Waals surface area (Å²) >= 11 is 0. The van der Waals surface area contributed by atoms with Crippen LogP contribution in [0.5, 0.6) is 0 Å². The fraction of sp³-hybridized carbons (Fsp3) is 0.300. The van der Waals surface area contributed by atoms with Crippen molar-refractivity contribution in [3.63, 3.8) is 0 Å². The Bertz CT molecular complexity index is 727. The number of aliphatic carboxylic acids is 1. The van der Waals surface area contributed by atoms with Crippen molar-refractivity contribution in [2.24, 2.45) is 0 Å². The molecule has 0 aromatic heterocycles. The normalized spacial score (nSPS) is 17.8. The third kappa shape index (κ3) is 3.89. The molecule has 0 spiro atoms. The van der Waals surface area contributed by atoms with Crippen LogP contribution in [-0.2, 0) is 22.6 Å². The first kappa shape index (κ1) is 16.4. The van der Waals surface area contributed by atoms with Crippen molar-refractivity contribution in [1.29, 1.82) is 0 Å². The second-order valence-electron chi connectivity index (χ2n) is 6.31. The smallest absolute Gasteiger partial charge is 0.372 e. The zero-order valence-corrected chi connectivity index (χ0v) is 13.5. The first-order chi connectivity index (χ1) is 11.6. The molecular formula is C20H21NO3. The third-order valence-electron chi connectivity index (χ3n) is 4.61. The van der Waals surface area contributed by atoms with Crippen molar-refractivity contribution in [3.05, 3.63) is 71.3 Å². The second kappa shape index (κ2) is 7.41. The minimum atomic E-state index is -1.36. The molecule has 0 aliphatic carbocycles. The molecule has 0 amide bonds. The molecule has 124 valence electrons. The fourth-order valence-electron chi connectivity index (χ4n) is 3.41. The van der Waals surface area contributed by atoms with Gasteiger partial charge in [0.2, 0.25) is 5.78 Å². The molecule has 3 rings (SSSR count). The number of carbonyl (C=O) groups excluding carboxylic acids is 1. The molecule has 1 atom stereocenters. The number of carbonyl (C=O) groups is 2. The van der Waals surface area contributed by atoms with E-state index >= 15 is 0 Å². The van der Waals surface area contributed by atoms with Gasteiger partial charge in [0.15, 0.2) is 0 Å². The van der Waals surface area contributed by atoms with E-state index < -0.39 is 11.8 Å². The lowest BCUT2D eigenvalue weighted by molar-refractivity contribution is -0.148. The summed E-state index contributed by atoms with van der Waals surface area (Å²) in [6.07, 6.45) is 1.01. The SMILES string of the molecule is O=C(O)C(=O)Cc1ccccc1C1CCN(Cc2ccccc2)C1. The Kier molecular flexibility index (Phi) is 5.06. The monoisotopic (exact) mass is 323 g/mol. The number of carboxylic acid groups (broad SMARTS) is 1. The Morgan fingerprint density at radius 3 is 2.50 bits per heavy atom. The van der Waals surface area contributed by atoms with Gasteiger partial charge in [0.25, 0.3) is 0 Å². The van der Waals surface area contributed by atoms with E-state index in [0.29, 0.717) is 5.92 Å². The molecule has 1 fully saturated rings. The van der Waals surface area contributed by atoms with Gasteiger partial charge in [-0.15, -0.1) is 0 Å². The van der Waals surface area contributed by atoms with Gasteiger partial charge in [0.05, 0.1) is 0 Å². The number of hydrogen-bond acceptors (Lipinski definition) is 3. The lowest BCUT2D eigenvalue weighted by Gasteiger charge is -2.18. The van der Waals surface area contributed by atoms with Gasteiger partial charge in [-0.1, -0.05) is 54.6 Å². The molecular weight excluding hydrogens is 302 g/mol. The predicted molar refractivity (Wildman–Crippen MR) is 91.9 cm³/mol. The van der Waals surface area contributed by atoms with E-state index in [0.717, 1.165) is 37.2 Å². The molecule has 1 unspecified atom stereocenters.